The van der Waals surface area contributed by atoms with E-state index in [0.717, 1.165) is 48.3 Å². The van der Waals surface area contributed by atoms with Crippen molar-refractivity contribution in [1.29, 1.82) is 0 Å². The number of aliphatic hydroxyl groups is 1. The number of hydrogen-bond acceptors (Lipinski definition) is 5. The van der Waals surface area contributed by atoms with Gasteiger partial charge in [0.25, 0.3) is 0 Å². The third-order valence-corrected chi connectivity index (χ3v) is 7.06. The van der Waals surface area contributed by atoms with Crippen molar-refractivity contribution >= 4 is 0 Å². The van der Waals surface area contributed by atoms with Crippen molar-refractivity contribution < 1.29 is 14.6 Å². The first-order chi connectivity index (χ1) is 18.7. The minimum Gasteiger partial charge on any atom is -0.392 e. The van der Waals surface area contributed by atoms with Gasteiger partial charge in [-0.2, -0.15) is 0 Å². The van der Waals surface area contributed by atoms with Gasteiger partial charge in [-0.1, -0.05) is 109 Å². The second kappa shape index (κ2) is 13.0. The lowest BCUT2D eigenvalue weighted by atomic mass is 9.99. The second-order valence-corrected chi connectivity index (χ2v) is 9.94. The standard InChI is InChI=1S/C33H36N2O3/c34-20-25-11-17-30(18-12-25)33-37-31(19-32(38-33)29-15-13-28(24-36)14-16-29)23-35(21-26-7-3-1-4-8-26)22-27-9-5-2-6-10-27/h1-18,31-33,36H,19-24,34H2/t31-,32+,33+/m1/s1. The number of nitrogens with two attached hydrogens (primary N) is 1. The molecule has 0 radical (unpaired) electrons. The van der Waals surface area contributed by atoms with Gasteiger partial charge in [-0.25, -0.2) is 0 Å². The maximum atomic E-state index is 9.49. The van der Waals surface area contributed by atoms with Crippen LogP contribution in [-0.2, 0) is 35.7 Å². The van der Waals surface area contributed by atoms with Crippen LogP contribution >= 0.6 is 0 Å². The summed E-state index contributed by atoms with van der Waals surface area (Å²) in [6.45, 7) is 2.98. The van der Waals surface area contributed by atoms with Gasteiger partial charge in [0.1, 0.15) is 0 Å². The molecule has 38 heavy (non-hydrogen) atoms. The molecule has 1 saturated heterocycles. The average Bonchev–Trinajstić information content (AvgIpc) is 2.98. The third-order valence-electron chi connectivity index (χ3n) is 7.06. The van der Waals surface area contributed by atoms with Crippen LogP contribution in [0.15, 0.2) is 109 Å². The van der Waals surface area contributed by atoms with Gasteiger partial charge in [0, 0.05) is 38.2 Å². The summed E-state index contributed by atoms with van der Waals surface area (Å²) in [6, 6.07) is 37.4. The van der Waals surface area contributed by atoms with Crippen molar-refractivity contribution in [3.05, 3.63) is 143 Å². The molecule has 5 nitrogen and oxygen atoms in total. The van der Waals surface area contributed by atoms with Crippen LogP contribution < -0.4 is 5.73 Å². The highest BCUT2D eigenvalue weighted by atomic mass is 16.7. The van der Waals surface area contributed by atoms with E-state index in [4.69, 9.17) is 15.2 Å². The predicted octanol–water partition coefficient (Wildman–Crippen LogP) is 5.89. The summed E-state index contributed by atoms with van der Waals surface area (Å²) >= 11 is 0. The second-order valence-electron chi connectivity index (χ2n) is 9.94. The predicted molar refractivity (Wildman–Crippen MR) is 150 cm³/mol. The summed E-state index contributed by atoms with van der Waals surface area (Å²) < 4.78 is 13.1. The quantitative estimate of drug-likeness (QED) is 0.280. The molecule has 196 valence electrons. The molecule has 0 saturated carbocycles. The topological polar surface area (TPSA) is 68.0 Å². The SMILES string of the molecule is NCc1ccc([C@H]2O[C@@H](CN(Cc3ccccc3)Cc3ccccc3)C[C@@H](c3ccc(CO)cc3)O2)cc1. The first kappa shape index (κ1) is 26.3. The molecular formula is C33H36N2O3. The molecule has 5 heteroatoms. The van der Waals surface area contributed by atoms with E-state index in [9.17, 15) is 5.11 Å². The minimum atomic E-state index is -0.474. The fourth-order valence-electron chi connectivity index (χ4n) is 5.00. The molecule has 0 aromatic heterocycles. The van der Waals surface area contributed by atoms with Gasteiger partial charge in [0.15, 0.2) is 6.29 Å². The molecule has 1 heterocycles. The van der Waals surface area contributed by atoms with Crippen LogP contribution in [0.2, 0.25) is 0 Å². The van der Waals surface area contributed by atoms with Crippen LogP contribution in [0.4, 0.5) is 0 Å². The molecule has 1 fully saturated rings. The van der Waals surface area contributed by atoms with E-state index in [1.807, 2.05) is 36.4 Å². The number of ether oxygens (including phenoxy) is 2. The Morgan fingerprint density at radius 3 is 1.76 bits per heavy atom. The van der Waals surface area contributed by atoms with Crippen molar-refractivity contribution in [3.63, 3.8) is 0 Å². The Morgan fingerprint density at radius 1 is 0.658 bits per heavy atom. The van der Waals surface area contributed by atoms with E-state index < -0.39 is 6.29 Å². The Kier molecular flexibility index (Phi) is 8.97. The minimum absolute atomic E-state index is 0.0294. The monoisotopic (exact) mass is 508 g/mol. The highest BCUT2D eigenvalue weighted by molar-refractivity contribution is 5.26. The highest BCUT2D eigenvalue weighted by Crippen LogP contribution is 2.38. The first-order valence-electron chi connectivity index (χ1n) is 13.3. The molecule has 1 aliphatic heterocycles. The normalized spacial score (nSPS) is 19.5. The average molecular weight is 509 g/mol. The van der Waals surface area contributed by atoms with Crippen molar-refractivity contribution in [2.75, 3.05) is 6.54 Å². The van der Waals surface area contributed by atoms with E-state index in [2.05, 4.69) is 77.7 Å². The lowest BCUT2D eigenvalue weighted by molar-refractivity contribution is -0.253. The number of hydrogen-bond donors (Lipinski definition) is 2. The Morgan fingerprint density at radius 2 is 1.21 bits per heavy atom. The Bertz CT molecular complexity index is 1150. The van der Waals surface area contributed by atoms with Crippen LogP contribution in [-0.4, -0.2) is 22.7 Å². The summed E-state index contributed by atoms with van der Waals surface area (Å²) in [4.78, 5) is 2.46. The number of rotatable bonds is 10. The molecular weight excluding hydrogens is 472 g/mol. The molecule has 4 aromatic carbocycles. The zero-order valence-electron chi connectivity index (χ0n) is 21.7. The maximum absolute atomic E-state index is 9.49. The van der Waals surface area contributed by atoms with Crippen LogP contribution in [0.5, 0.6) is 0 Å². The van der Waals surface area contributed by atoms with Gasteiger partial charge < -0.3 is 20.3 Å². The van der Waals surface area contributed by atoms with E-state index in [1.165, 1.54) is 11.1 Å². The van der Waals surface area contributed by atoms with Crippen molar-refractivity contribution in [1.82, 2.24) is 4.90 Å². The fourth-order valence-corrected chi connectivity index (χ4v) is 5.00. The number of nitrogens with zero attached hydrogens (tertiary/aromatic N) is 1. The fraction of sp³-hybridized carbons (Fsp3) is 0.273. The molecule has 0 spiro atoms. The van der Waals surface area contributed by atoms with Crippen molar-refractivity contribution in [2.24, 2.45) is 5.73 Å². The van der Waals surface area contributed by atoms with E-state index in [-0.39, 0.29) is 18.8 Å². The molecule has 1 aliphatic rings. The summed E-state index contributed by atoms with van der Waals surface area (Å²) in [5.74, 6) is 0. The van der Waals surface area contributed by atoms with Gasteiger partial charge in [-0.05, 0) is 27.8 Å². The third kappa shape index (κ3) is 6.95. The van der Waals surface area contributed by atoms with E-state index in [1.54, 1.807) is 0 Å². The van der Waals surface area contributed by atoms with Crippen LogP contribution in [0.3, 0.4) is 0 Å². The van der Waals surface area contributed by atoms with Crippen LogP contribution in [0, 0.1) is 0 Å². The smallest absolute Gasteiger partial charge is 0.184 e. The largest absolute Gasteiger partial charge is 0.392 e. The van der Waals surface area contributed by atoms with Gasteiger partial charge in [-0.15, -0.1) is 0 Å². The lowest BCUT2D eigenvalue weighted by Gasteiger charge is -2.38. The van der Waals surface area contributed by atoms with Gasteiger partial charge in [-0.3, -0.25) is 4.90 Å². The lowest BCUT2D eigenvalue weighted by Crippen LogP contribution is -2.39. The molecule has 0 unspecified atom stereocenters. The maximum Gasteiger partial charge on any atom is 0.184 e. The van der Waals surface area contributed by atoms with Crippen LogP contribution in [0.25, 0.3) is 0 Å². The highest BCUT2D eigenvalue weighted by Gasteiger charge is 2.33. The molecule has 0 bridgehead atoms. The summed E-state index contributed by atoms with van der Waals surface area (Å²) in [6.07, 6.45) is 0.128. The van der Waals surface area contributed by atoms with Crippen molar-refractivity contribution in [3.8, 4) is 0 Å². The Labute approximate surface area is 225 Å². The van der Waals surface area contributed by atoms with Crippen LogP contribution in [0.1, 0.15) is 52.2 Å². The zero-order valence-corrected chi connectivity index (χ0v) is 21.7. The molecule has 3 N–H and O–H groups in total. The molecule has 4 aromatic rings. The molecule has 0 amide bonds. The Balaban J connectivity index is 1.39. The van der Waals surface area contributed by atoms with E-state index in [0.29, 0.717) is 6.54 Å². The van der Waals surface area contributed by atoms with Gasteiger partial charge in [0.05, 0.1) is 18.8 Å². The first-order valence-corrected chi connectivity index (χ1v) is 13.3. The summed E-state index contributed by atoms with van der Waals surface area (Å²) in [7, 11) is 0. The number of benzene rings is 4. The van der Waals surface area contributed by atoms with E-state index >= 15 is 0 Å². The molecule has 5 rings (SSSR count). The van der Waals surface area contributed by atoms with Crippen molar-refractivity contribution in [2.45, 2.75) is 51.2 Å². The Hall–Kier alpha value is -3.32. The molecule has 3 atom stereocenters. The summed E-state index contributed by atoms with van der Waals surface area (Å²) in [5, 5.41) is 9.49. The number of aliphatic hydroxyl groups excluding tert-OH is 1. The summed E-state index contributed by atoms with van der Waals surface area (Å²) in [5.41, 5.74) is 12.4. The van der Waals surface area contributed by atoms with Gasteiger partial charge in [0.2, 0.25) is 0 Å². The molecule has 0 aliphatic carbocycles. The zero-order chi connectivity index (χ0) is 26.2. The van der Waals surface area contributed by atoms with Gasteiger partial charge >= 0.3 is 0 Å².